The van der Waals surface area contributed by atoms with E-state index in [1.165, 1.54) is 6.42 Å². The summed E-state index contributed by atoms with van der Waals surface area (Å²) >= 11 is 0. The highest BCUT2D eigenvalue weighted by atomic mass is 16.6. The number of rotatable bonds is 5. The Labute approximate surface area is 175 Å². The Morgan fingerprint density at radius 2 is 1.60 bits per heavy atom. The van der Waals surface area contributed by atoms with Crippen molar-refractivity contribution in [3.8, 4) is 0 Å². The maximum absolute atomic E-state index is 13.1. The van der Waals surface area contributed by atoms with E-state index < -0.39 is 11.9 Å². The maximum Gasteiger partial charge on any atom is 0.348 e. The number of aliphatic hydroxyl groups is 1. The molecule has 2 aliphatic rings. The van der Waals surface area contributed by atoms with Crippen molar-refractivity contribution in [2.45, 2.75) is 32.1 Å². The number of benzene rings is 2. The van der Waals surface area contributed by atoms with Crippen molar-refractivity contribution in [3.05, 3.63) is 83.3 Å². The number of esters is 2. The van der Waals surface area contributed by atoms with Crippen LogP contribution in [0.1, 0.15) is 43.2 Å². The SMILES string of the molecule is O=C1OC(=C(C(=O)OCC2CCCCC2)c2ccccc2)C(O)=C1c1ccccc1. The quantitative estimate of drug-likeness (QED) is 0.558. The van der Waals surface area contributed by atoms with Gasteiger partial charge in [0.05, 0.1) is 6.61 Å². The minimum atomic E-state index is -0.692. The summed E-state index contributed by atoms with van der Waals surface area (Å²) in [5.74, 6) is -1.45. The second-order valence-electron chi connectivity index (χ2n) is 7.65. The van der Waals surface area contributed by atoms with Gasteiger partial charge in [0.25, 0.3) is 0 Å². The van der Waals surface area contributed by atoms with E-state index in [1.807, 2.05) is 12.1 Å². The lowest BCUT2D eigenvalue weighted by molar-refractivity contribution is -0.138. The number of hydrogen-bond donors (Lipinski definition) is 1. The van der Waals surface area contributed by atoms with E-state index >= 15 is 0 Å². The highest BCUT2D eigenvalue weighted by Gasteiger charge is 2.36. The van der Waals surface area contributed by atoms with Gasteiger partial charge in [0.15, 0.2) is 11.5 Å². The van der Waals surface area contributed by atoms with E-state index in [1.54, 1.807) is 48.5 Å². The highest BCUT2D eigenvalue weighted by molar-refractivity contribution is 6.25. The standard InChI is InChI=1S/C25H24O5/c26-22-20(18-12-6-2-7-13-18)25(28)30-23(22)21(19-14-8-3-9-15-19)24(27)29-16-17-10-4-1-5-11-17/h2-3,6-9,12-15,17,26H,1,4-5,10-11,16H2. The van der Waals surface area contributed by atoms with Crippen molar-refractivity contribution in [2.75, 3.05) is 6.61 Å². The van der Waals surface area contributed by atoms with Gasteiger partial charge in [-0.05, 0) is 29.9 Å². The van der Waals surface area contributed by atoms with Gasteiger partial charge in [-0.25, -0.2) is 9.59 Å². The normalized spacial score (nSPS) is 18.9. The van der Waals surface area contributed by atoms with Crippen molar-refractivity contribution in [3.63, 3.8) is 0 Å². The van der Waals surface area contributed by atoms with Gasteiger partial charge in [-0.3, -0.25) is 0 Å². The molecule has 1 aliphatic heterocycles. The molecule has 1 N–H and O–H groups in total. The average Bonchev–Trinajstić information content (AvgIpc) is 3.08. The molecule has 154 valence electrons. The highest BCUT2D eigenvalue weighted by Crippen LogP contribution is 2.36. The minimum Gasteiger partial charge on any atom is -0.504 e. The van der Waals surface area contributed by atoms with Crippen LogP contribution in [0.15, 0.2) is 72.2 Å². The first-order valence-corrected chi connectivity index (χ1v) is 10.3. The molecular formula is C25H24O5. The number of ether oxygens (including phenoxy) is 2. The summed E-state index contributed by atoms with van der Waals surface area (Å²) in [7, 11) is 0. The summed E-state index contributed by atoms with van der Waals surface area (Å²) in [6.07, 6.45) is 5.61. The fourth-order valence-electron chi connectivity index (χ4n) is 4.00. The molecule has 1 aliphatic carbocycles. The second-order valence-corrected chi connectivity index (χ2v) is 7.65. The molecule has 0 aromatic heterocycles. The maximum atomic E-state index is 13.1. The molecule has 0 bridgehead atoms. The Morgan fingerprint density at radius 3 is 2.27 bits per heavy atom. The van der Waals surface area contributed by atoms with Crippen molar-refractivity contribution in [2.24, 2.45) is 5.92 Å². The Kier molecular flexibility index (Phi) is 5.98. The molecule has 1 heterocycles. The summed E-state index contributed by atoms with van der Waals surface area (Å²) in [6, 6.07) is 17.6. The van der Waals surface area contributed by atoms with Crippen LogP contribution in [0.4, 0.5) is 0 Å². The van der Waals surface area contributed by atoms with Crippen molar-refractivity contribution >= 4 is 23.1 Å². The number of carbonyl (C=O) groups excluding carboxylic acids is 2. The lowest BCUT2D eigenvalue weighted by Crippen LogP contribution is -2.18. The van der Waals surface area contributed by atoms with Crippen LogP contribution in [-0.2, 0) is 19.1 Å². The van der Waals surface area contributed by atoms with Crippen LogP contribution in [0.3, 0.4) is 0 Å². The first-order valence-electron chi connectivity index (χ1n) is 10.3. The van der Waals surface area contributed by atoms with Crippen LogP contribution in [0.5, 0.6) is 0 Å². The van der Waals surface area contributed by atoms with E-state index in [9.17, 15) is 14.7 Å². The molecule has 0 amide bonds. The van der Waals surface area contributed by atoms with Gasteiger partial charge < -0.3 is 14.6 Å². The predicted octanol–water partition coefficient (Wildman–Crippen LogP) is 5.05. The molecule has 30 heavy (non-hydrogen) atoms. The Bertz CT molecular complexity index is 983. The first-order chi connectivity index (χ1) is 14.6. The van der Waals surface area contributed by atoms with Gasteiger partial charge in [-0.15, -0.1) is 0 Å². The topological polar surface area (TPSA) is 72.8 Å². The third kappa shape index (κ3) is 4.15. The molecule has 0 atom stereocenters. The van der Waals surface area contributed by atoms with Crippen LogP contribution in [0, 0.1) is 5.92 Å². The fraction of sp³-hybridized carbons (Fsp3) is 0.280. The number of carbonyl (C=O) groups is 2. The van der Waals surface area contributed by atoms with E-state index in [0.29, 0.717) is 23.7 Å². The van der Waals surface area contributed by atoms with Gasteiger partial charge in [0.1, 0.15) is 11.1 Å². The number of aliphatic hydroxyl groups excluding tert-OH is 1. The Balaban J connectivity index is 1.70. The molecule has 0 radical (unpaired) electrons. The molecule has 5 nitrogen and oxygen atoms in total. The number of cyclic esters (lactones) is 1. The van der Waals surface area contributed by atoms with Crippen molar-refractivity contribution in [1.82, 2.24) is 0 Å². The van der Waals surface area contributed by atoms with Gasteiger partial charge in [-0.2, -0.15) is 0 Å². The summed E-state index contributed by atoms with van der Waals surface area (Å²) < 4.78 is 11.0. The van der Waals surface area contributed by atoms with Gasteiger partial charge in [-0.1, -0.05) is 79.9 Å². The molecule has 4 rings (SSSR count). The monoisotopic (exact) mass is 404 g/mol. The van der Waals surface area contributed by atoms with Crippen LogP contribution < -0.4 is 0 Å². The van der Waals surface area contributed by atoms with Crippen LogP contribution in [0.25, 0.3) is 11.1 Å². The summed E-state index contributed by atoms with van der Waals surface area (Å²) in [5, 5.41) is 10.8. The smallest absolute Gasteiger partial charge is 0.348 e. The van der Waals surface area contributed by atoms with Crippen LogP contribution in [-0.4, -0.2) is 23.7 Å². The summed E-state index contributed by atoms with van der Waals surface area (Å²) in [4.78, 5) is 25.6. The van der Waals surface area contributed by atoms with Crippen molar-refractivity contribution < 1.29 is 24.2 Å². The molecule has 0 spiro atoms. The molecule has 2 aromatic rings. The van der Waals surface area contributed by atoms with E-state index in [4.69, 9.17) is 9.47 Å². The zero-order valence-electron chi connectivity index (χ0n) is 16.7. The Hall–Kier alpha value is -3.34. The van der Waals surface area contributed by atoms with Crippen molar-refractivity contribution in [1.29, 1.82) is 0 Å². The summed E-state index contributed by atoms with van der Waals surface area (Å²) in [6.45, 7) is 0.326. The van der Waals surface area contributed by atoms with Crippen LogP contribution >= 0.6 is 0 Å². The van der Waals surface area contributed by atoms with E-state index in [-0.39, 0.29) is 22.7 Å². The molecule has 1 saturated carbocycles. The van der Waals surface area contributed by atoms with E-state index in [0.717, 1.165) is 25.7 Å². The zero-order chi connectivity index (χ0) is 20.9. The lowest BCUT2D eigenvalue weighted by atomic mass is 9.90. The fourth-order valence-corrected chi connectivity index (χ4v) is 4.00. The van der Waals surface area contributed by atoms with E-state index in [2.05, 4.69) is 0 Å². The molecule has 0 saturated heterocycles. The molecular weight excluding hydrogens is 380 g/mol. The van der Waals surface area contributed by atoms with Gasteiger partial charge in [0.2, 0.25) is 0 Å². The number of hydrogen-bond acceptors (Lipinski definition) is 5. The average molecular weight is 404 g/mol. The third-order valence-corrected chi connectivity index (χ3v) is 5.58. The molecule has 1 fully saturated rings. The first kappa shape index (κ1) is 20.0. The Morgan fingerprint density at radius 1 is 0.967 bits per heavy atom. The molecule has 0 unspecified atom stereocenters. The second kappa shape index (κ2) is 8.99. The van der Waals surface area contributed by atoms with Gasteiger partial charge in [0, 0.05) is 0 Å². The largest absolute Gasteiger partial charge is 0.504 e. The summed E-state index contributed by atoms with van der Waals surface area (Å²) in [5.41, 5.74) is 1.15. The minimum absolute atomic E-state index is 0.0408. The lowest BCUT2D eigenvalue weighted by Gasteiger charge is -2.21. The van der Waals surface area contributed by atoms with Crippen LogP contribution in [0.2, 0.25) is 0 Å². The molecule has 2 aromatic carbocycles. The third-order valence-electron chi connectivity index (χ3n) is 5.58. The zero-order valence-corrected chi connectivity index (χ0v) is 16.7. The molecule has 5 heteroatoms. The predicted molar refractivity (Wildman–Crippen MR) is 113 cm³/mol. The van der Waals surface area contributed by atoms with Gasteiger partial charge >= 0.3 is 11.9 Å².